The Bertz CT molecular complexity index is 914. The van der Waals surface area contributed by atoms with E-state index in [1.807, 2.05) is 18.2 Å². The van der Waals surface area contributed by atoms with Crippen molar-refractivity contribution in [3.8, 4) is 17.2 Å². The molecule has 0 spiro atoms. The third-order valence-electron chi connectivity index (χ3n) is 4.00. The first kappa shape index (κ1) is 22.3. The highest BCUT2D eigenvalue weighted by atomic mass is 79.9. The fraction of sp³-hybridized carbons (Fsp3) is 0.238. The molecule has 0 fully saturated rings. The number of benzene rings is 2. The monoisotopic (exact) mass is 462 g/mol. The van der Waals surface area contributed by atoms with Crippen LogP contribution in [0.1, 0.15) is 11.1 Å². The molecule has 2 aromatic carbocycles. The first-order valence-corrected chi connectivity index (χ1v) is 9.48. The van der Waals surface area contributed by atoms with E-state index in [2.05, 4.69) is 15.9 Å². The Morgan fingerprint density at radius 2 is 1.76 bits per heavy atom. The second-order valence-corrected chi connectivity index (χ2v) is 7.06. The fourth-order valence-electron chi connectivity index (χ4n) is 2.55. The van der Waals surface area contributed by atoms with Crippen molar-refractivity contribution in [2.75, 3.05) is 27.9 Å². The molecule has 0 saturated carbocycles. The molecule has 2 rings (SSSR count). The first-order chi connectivity index (χ1) is 13.8. The van der Waals surface area contributed by atoms with Gasteiger partial charge in [-0.2, -0.15) is 0 Å². The minimum Gasteiger partial charge on any atom is -0.496 e. The summed E-state index contributed by atoms with van der Waals surface area (Å²) in [5, 5.41) is 0. The smallest absolute Gasteiger partial charge is 0.255 e. The van der Waals surface area contributed by atoms with E-state index in [1.165, 1.54) is 13.2 Å². The number of hydrogen-bond acceptors (Lipinski definition) is 5. The van der Waals surface area contributed by atoms with Gasteiger partial charge in [-0.15, -0.1) is 0 Å². The number of carbonyl (C=O) groups is 2. The highest BCUT2D eigenvalue weighted by Gasteiger charge is 2.11. The lowest BCUT2D eigenvalue weighted by Gasteiger charge is -2.17. The summed E-state index contributed by atoms with van der Waals surface area (Å²) in [4.78, 5) is 24.9. The van der Waals surface area contributed by atoms with Crippen LogP contribution in [0.15, 0.2) is 46.9 Å². The average Bonchev–Trinajstić information content (AvgIpc) is 2.70. The van der Waals surface area contributed by atoms with Crippen molar-refractivity contribution in [1.82, 2.24) is 4.90 Å². The van der Waals surface area contributed by atoms with Crippen molar-refractivity contribution in [2.24, 2.45) is 5.73 Å². The summed E-state index contributed by atoms with van der Waals surface area (Å²) in [5.74, 6) is 0.807. The molecule has 0 radical (unpaired) electrons. The highest BCUT2D eigenvalue weighted by molar-refractivity contribution is 9.10. The average molecular weight is 463 g/mol. The Kier molecular flexibility index (Phi) is 8.09. The van der Waals surface area contributed by atoms with E-state index in [1.54, 1.807) is 43.3 Å². The zero-order valence-corrected chi connectivity index (χ0v) is 18.1. The van der Waals surface area contributed by atoms with Gasteiger partial charge in [0.25, 0.3) is 5.91 Å². The molecule has 0 unspecified atom stereocenters. The van der Waals surface area contributed by atoms with Gasteiger partial charge in [0, 0.05) is 29.7 Å². The molecule has 29 heavy (non-hydrogen) atoms. The molecule has 0 aliphatic carbocycles. The van der Waals surface area contributed by atoms with Crippen LogP contribution in [0.2, 0.25) is 0 Å². The molecule has 0 heterocycles. The summed E-state index contributed by atoms with van der Waals surface area (Å²) < 4.78 is 16.8. The molecule has 8 heteroatoms. The van der Waals surface area contributed by atoms with Crippen LogP contribution in [0.25, 0.3) is 6.08 Å². The van der Waals surface area contributed by atoms with Crippen LogP contribution in [0, 0.1) is 0 Å². The number of likely N-dealkylation sites (N-methyl/N-ethyl adjacent to an activating group) is 1. The molecule has 2 amide bonds. The molecule has 0 aliphatic heterocycles. The fourth-order valence-corrected chi connectivity index (χ4v) is 2.96. The first-order valence-electron chi connectivity index (χ1n) is 8.68. The summed E-state index contributed by atoms with van der Waals surface area (Å²) in [6.45, 7) is 0.156. The van der Waals surface area contributed by atoms with Crippen molar-refractivity contribution in [3.63, 3.8) is 0 Å². The van der Waals surface area contributed by atoms with Crippen molar-refractivity contribution in [2.45, 2.75) is 6.54 Å². The maximum Gasteiger partial charge on any atom is 0.255 e. The summed E-state index contributed by atoms with van der Waals surface area (Å²) >= 11 is 3.43. The molecule has 0 atom stereocenters. The Labute approximate surface area is 178 Å². The molecule has 2 aromatic rings. The predicted molar refractivity (Wildman–Crippen MR) is 114 cm³/mol. The number of rotatable bonds is 9. The second-order valence-electron chi connectivity index (χ2n) is 6.15. The van der Waals surface area contributed by atoms with Gasteiger partial charge in [-0.05, 0) is 42.0 Å². The number of nitrogens with zero attached hydrogens (tertiary/aromatic N) is 1. The van der Waals surface area contributed by atoms with Crippen molar-refractivity contribution in [3.05, 3.63) is 58.1 Å². The van der Waals surface area contributed by atoms with E-state index in [-0.39, 0.29) is 12.5 Å². The molecule has 154 valence electrons. The maximum absolute atomic E-state index is 12.5. The zero-order valence-electron chi connectivity index (χ0n) is 16.5. The van der Waals surface area contributed by atoms with Crippen molar-refractivity contribution >= 4 is 33.8 Å². The van der Waals surface area contributed by atoms with E-state index >= 15 is 0 Å². The molecular formula is C21H23BrN2O5. The minimum absolute atomic E-state index is 0.167. The molecule has 7 nitrogen and oxygen atoms in total. The highest BCUT2D eigenvalue weighted by Crippen LogP contribution is 2.28. The molecule has 0 aliphatic rings. The van der Waals surface area contributed by atoms with E-state index < -0.39 is 5.91 Å². The topological polar surface area (TPSA) is 91.1 Å². The standard InChI is InChI=1S/C21H23BrN2O5/c1-24(12-15-11-16(22)6-8-17(15)27-2)21(26)9-5-14-4-7-18(19(10-14)28-3)29-13-20(23)25/h4-11H,12-13H2,1-3H3,(H2,23,25)/b9-5+. The van der Waals surface area contributed by atoms with Gasteiger partial charge in [-0.25, -0.2) is 0 Å². The number of hydrogen-bond donors (Lipinski definition) is 1. The Morgan fingerprint density at radius 3 is 2.41 bits per heavy atom. The van der Waals surface area contributed by atoms with E-state index in [0.29, 0.717) is 23.8 Å². The lowest BCUT2D eigenvalue weighted by Crippen LogP contribution is -2.24. The third-order valence-corrected chi connectivity index (χ3v) is 4.50. The minimum atomic E-state index is -0.577. The number of carbonyl (C=O) groups excluding carboxylic acids is 2. The van der Waals surface area contributed by atoms with Crippen LogP contribution >= 0.6 is 15.9 Å². The third kappa shape index (κ3) is 6.53. The number of ether oxygens (including phenoxy) is 3. The lowest BCUT2D eigenvalue weighted by atomic mass is 10.1. The van der Waals surface area contributed by atoms with Crippen molar-refractivity contribution < 1.29 is 23.8 Å². The number of amides is 2. The summed E-state index contributed by atoms with van der Waals surface area (Å²) in [6, 6.07) is 10.8. The zero-order chi connectivity index (χ0) is 21.4. The molecule has 0 bridgehead atoms. The normalized spacial score (nSPS) is 10.6. The Balaban J connectivity index is 2.07. The quantitative estimate of drug-likeness (QED) is 0.578. The van der Waals surface area contributed by atoms with Crippen LogP contribution in [0.5, 0.6) is 17.2 Å². The largest absolute Gasteiger partial charge is 0.496 e. The van der Waals surface area contributed by atoms with E-state index in [9.17, 15) is 9.59 Å². The van der Waals surface area contributed by atoms with Crippen molar-refractivity contribution in [1.29, 1.82) is 0 Å². The van der Waals surface area contributed by atoms with Gasteiger partial charge in [-0.3, -0.25) is 9.59 Å². The predicted octanol–water partition coefficient (Wildman–Crippen LogP) is 3.00. The maximum atomic E-state index is 12.5. The van der Waals surface area contributed by atoms with Crippen LogP contribution in [0.3, 0.4) is 0 Å². The number of halogens is 1. The molecule has 2 N–H and O–H groups in total. The van der Waals surface area contributed by atoms with Gasteiger partial charge in [-0.1, -0.05) is 22.0 Å². The molecule has 0 aromatic heterocycles. The van der Waals surface area contributed by atoms with Crippen LogP contribution in [0.4, 0.5) is 0 Å². The van der Waals surface area contributed by atoms with Gasteiger partial charge in [0.05, 0.1) is 14.2 Å². The van der Waals surface area contributed by atoms with Gasteiger partial charge >= 0.3 is 0 Å². The Morgan fingerprint density at radius 1 is 1.07 bits per heavy atom. The van der Waals surface area contributed by atoms with Crippen LogP contribution in [-0.4, -0.2) is 44.6 Å². The summed E-state index contributed by atoms with van der Waals surface area (Å²) in [6.07, 6.45) is 3.15. The summed E-state index contributed by atoms with van der Waals surface area (Å²) in [7, 11) is 4.80. The molecular weight excluding hydrogens is 440 g/mol. The van der Waals surface area contributed by atoms with Gasteiger partial charge in [0.2, 0.25) is 5.91 Å². The Hall–Kier alpha value is -3.00. The second kappa shape index (κ2) is 10.5. The molecule has 0 saturated heterocycles. The van der Waals surface area contributed by atoms with E-state index in [0.717, 1.165) is 15.6 Å². The number of primary amides is 1. The number of methoxy groups -OCH3 is 2. The van der Waals surface area contributed by atoms with Crippen LogP contribution in [-0.2, 0) is 16.1 Å². The number of nitrogens with two attached hydrogens (primary N) is 1. The SMILES string of the molecule is COc1ccc(Br)cc1CN(C)C(=O)/C=C/c1ccc(OCC(N)=O)c(OC)c1. The van der Waals surface area contributed by atoms with E-state index in [4.69, 9.17) is 19.9 Å². The van der Waals surface area contributed by atoms with Gasteiger partial charge in [0.15, 0.2) is 18.1 Å². The van der Waals surface area contributed by atoms with Gasteiger partial charge < -0.3 is 24.8 Å². The van der Waals surface area contributed by atoms with Gasteiger partial charge in [0.1, 0.15) is 5.75 Å². The lowest BCUT2D eigenvalue weighted by molar-refractivity contribution is -0.125. The summed E-state index contributed by atoms with van der Waals surface area (Å²) in [5.41, 5.74) is 6.72. The van der Waals surface area contributed by atoms with Crippen LogP contribution < -0.4 is 19.9 Å².